The summed E-state index contributed by atoms with van der Waals surface area (Å²) in [6.45, 7) is 3.55. The fourth-order valence-corrected chi connectivity index (χ4v) is 3.56. The van der Waals surface area contributed by atoms with Crippen LogP contribution in [0.1, 0.15) is 36.5 Å². The van der Waals surface area contributed by atoms with Crippen LogP contribution in [0.4, 0.5) is 6.01 Å². The van der Waals surface area contributed by atoms with Gasteiger partial charge in [0.05, 0.1) is 17.0 Å². The topological polar surface area (TPSA) is 82.8 Å². The van der Waals surface area contributed by atoms with E-state index in [1.807, 2.05) is 19.1 Å². The molecule has 1 unspecified atom stereocenters. The summed E-state index contributed by atoms with van der Waals surface area (Å²) in [6, 6.07) is 5.98. The lowest BCUT2D eigenvalue weighted by atomic mass is 10.1. The molecule has 2 aliphatic rings. The van der Waals surface area contributed by atoms with Crippen molar-refractivity contribution in [2.24, 2.45) is 4.99 Å². The van der Waals surface area contributed by atoms with Crippen LogP contribution in [0, 0.1) is 0 Å². The van der Waals surface area contributed by atoms with Crippen molar-refractivity contribution < 1.29 is 9.21 Å². The Morgan fingerprint density at radius 2 is 2.29 bits per heavy atom. The lowest BCUT2D eigenvalue weighted by Crippen LogP contribution is -2.41. The maximum atomic E-state index is 12.8. The summed E-state index contributed by atoms with van der Waals surface area (Å²) in [5, 5.41) is 6.43. The van der Waals surface area contributed by atoms with Gasteiger partial charge in [0, 0.05) is 38.8 Å². The first-order valence-corrected chi connectivity index (χ1v) is 9.70. The Morgan fingerprint density at radius 1 is 1.43 bits per heavy atom. The summed E-state index contributed by atoms with van der Waals surface area (Å²) in [5.74, 6) is -0.153. The fourth-order valence-electron chi connectivity index (χ4n) is 3.56. The molecule has 7 nitrogen and oxygen atoms in total. The predicted octanol–water partition coefficient (Wildman–Crippen LogP) is 3.01. The number of fused-ring (bicyclic) bond motifs is 2. The van der Waals surface area contributed by atoms with Crippen molar-refractivity contribution in [1.29, 1.82) is 0 Å². The second kappa shape index (κ2) is 7.88. The minimum atomic E-state index is -0.153. The van der Waals surface area contributed by atoms with Gasteiger partial charge in [0.25, 0.3) is 5.91 Å². The highest BCUT2D eigenvalue weighted by molar-refractivity contribution is 6.05. The van der Waals surface area contributed by atoms with Gasteiger partial charge in [-0.1, -0.05) is 18.2 Å². The summed E-state index contributed by atoms with van der Waals surface area (Å²) in [5.41, 5.74) is 3.96. The van der Waals surface area contributed by atoms with E-state index in [1.165, 1.54) is 0 Å². The van der Waals surface area contributed by atoms with E-state index < -0.39 is 0 Å². The van der Waals surface area contributed by atoms with E-state index in [9.17, 15) is 4.79 Å². The number of benzene rings is 1. The first-order valence-electron chi connectivity index (χ1n) is 9.70. The predicted molar refractivity (Wildman–Crippen MR) is 111 cm³/mol. The average Bonchev–Trinajstić information content (AvgIpc) is 3.15. The van der Waals surface area contributed by atoms with Crippen molar-refractivity contribution in [3.05, 3.63) is 47.3 Å². The summed E-state index contributed by atoms with van der Waals surface area (Å²) in [6.07, 6.45) is 8.95. The Bertz CT molecular complexity index is 972. The molecule has 7 heteroatoms. The highest BCUT2D eigenvalue weighted by atomic mass is 16.4. The molecule has 1 atom stereocenters. The molecule has 1 fully saturated rings. The van der Waals surface area contributed by atoms with E-state index in [-0.39, 0.29) is 11.9 Å². The number of allylic oxidation sites excluding steroid dienone is 2. The number of nitrogens with one attached hydrogen (secondary N) is 2. The molecule has 146 valence electrons. The minimum absolute atomic E-state index is 0.00825. The van der Waals surface area contributed by atoms with Crippen molar-refractivity contribution in [1.82, 2.24) is 15.6 Å². The Kier molecular flexibility index (Phi) is 5.14. The molecular weight excluding hydrogens is 354 g/mol. The van der Waals surface area contributed by atoms with E-state index in [2.05, 4.69) is 32.7 Å². The molecule has 0 radical (unpaired) electrons. The highest BCUT2D eigenvalue weighted by Crippen LogP contribution is 2.31. The van der Waals surface area contributed by atoms with Crippen LogP contribution in [0.15, 0.2) is 51.2 Å². The molecule has 28 heavy (non-hydrogen) atoms. The molecule has 1 aromatic heterocycles. The SMILES string of the molecule is CN=CCC(C)NC(=O)c1cccc2oc(N3CCNC4=CCCC=C43)nc12. The average molecular weight is 379 g/mol. The van der Waals surface area contributed by atoms with Crippen LogP contribution >= 0.6 is 0 Å². The smallest absolute Gasteiger partial charge is 0.303 e. The second-order valence-electron chi connectivity index (χ2n) is 7.06. The third-order valence-corrected chi connectivity index (χ3v) is 4.97. The van der Waals surface area contributed by atoms with Gasteiger partial charge in [-0.25, -0.2) is 0 Å². The maximum absolute atomic E-state index is 12.8. The molecule has 2 heterocycles. The van der Waals surface area contributed by atoms with Gasteiger partial charge in [0.15, 0.2) is 5.58 Å². The highest BCUT2D eigenvalue weighted by Gasteiger charge is 2.26. The number of anilines is 1. The largest absolute Gasteiger partial charge is 0.423 e. The first kappa shape index (κ1) is 18.3. The van der Waals surface area contributed by atoms with Crippen molar-refractivity contribution >= 4 is 29.2 Å². The molecule has 1 aliphatic heterocycles. The number of amides is 1. The van der Waals surface area contributed by atoms with Crippen LogP contribution in [-0.4, -0.2) is 43.3 Å². The lowest BCUT2D eigenvalue weighted by Gasteiger charge is -2.33. The molecule has 1 aromatic carbocycles. The zero-order valence-corrected chi connectivity index (χ0v) is 16.2. The van der Waals surface area contributed by atoms with E-state index in [1.54, 1.807) is 19.3 Å². The van der Waals surface area contributed by atoms with E-state index in [4.69, 9.17) is 9.40 Å². The number of hydrogen-bond acceptors (Lipinski definition) is 6. The molecule has 1 saturated heterocycles. The number of nitrogens with zero attached hydrogens (tertiary/aromatic N) is 3. The minimum Gasteiger partial charge on any atom is -0.423 e. The quantitative estimate of drug-likeness (QED) is 0.781. The number of aromatic nitrogens is 1. The van der Waals surface area contributed by atoms with Crippen LogP contribution < -0.4 is 15.5 Å². The summed E-state index contributed by atoms with van der Waals surface area (Å²) in [7, 11) is 1.73. The lowest BCUT2D eigenvalue weighted by molar-refractivity contribution is 0.0943. The van der Waals surface area contributed by atoms with Crippen molar-refractivity contribution in [3.8, 4) is 0 Å². The first-order chi connectivity index (χ1) is 13.7. The molecule has 1 amide bonds. The van der Waals surface area contributed by atoms with Gasteiger partial charge in [0.2, 0.25) is 0 Å². The van der Waals surface area contributed by atoms with Crippen LogP contribution in [-0.2, 0) is 0 Å². The second-order valence-corrected chi connectivity index (χ2v) is 7.06. The number of oxazole rings is 1. The van der Waals surface area contributed by atoms with Gasteiger partial charge in [0.1, 0.15) is 5.52 Å². The van der Waals surface area contributed by atoms with Gasteiger partial charge in [-0.05, 0) is 31.9 Å². The summed E-state index contributed by atoms with van der Waals surface area (Å²) in [4.78, 5) is 23.5. The van der Waals surface area contributed by atoms with Crippen LogP contribution in [0.3, 0.4) is 0 Å². The fraction of sp³-hybridized carbons (Fsp3) is 0.381. The normalized spacial score (nSPS) is 17.7. The van der Waals surface area contributed by atoms with Gasteiger partial charge in [-0.3, -0.25) is 9.69 Å². The van der Waals surface area contributed by atoms with Crippen molar-refractivity contribution in [3.63, 3.8) is 0 Å². The Hall–Kier alpha value is -3.09. The number of carbonyl (C=O) groups excluding carboxylic acids is 1. The van der Waals surface area contributed by atoms with Gasteiger partial charge >= 0.3 is 6.01 Å². The molecule has 2 N–H and O–H groups in total. The third-order valence-electron chi connectivity index (χ3n) is 4.97. The number of para-hydroxylation sites is 1. The van der Waals surface area contributed by atoms with Gasteiger partial charge < -0.3 is 20.0 Å². The molecule has 1 aliphatic carbocycles. The van der Waals surface area contributed by atoms with Gasteiger partial charge in [-0.2, -0.15) is 4.98 Å². The van der Waals surface area contributed by atoms with E-state index >= 15 is 0 Å². The van der Waals surface area contributed by atoms with Crippen LogP contribution in [0.5, 0.6) is 0 Å². The monoisotopic (exact) mass is 379 g/mol. The molecule has 0 spiro atoms. The molecule has 2 aromatic rings. The van der Waals surface area contributed by atoms with Crippen molar-refractivity contribution in [2.75, 3.05) is 25.0 Å². The van der Waals surface area contributed by atoms with Gasteiger partial charge in [-0.15, -0.1) is 0 Å². The molecular formula is C21H25N5O2. The van der Waals surface area contributed by atoms with Crippen LogP contribution in [0.25, 0.3) is 11.1 Å². The Labute approximate surface area is 164 Å². The maximum Gasteiger partial charge on any atom is 0.303 e. The zero-order valence-electron chi connectivity index (χ0n) is 16.2. The number of piperazine rings is 1. The van der Waals surface area contributed by atoms with Crippen molar-refractivity contribution in [2.45, 2.75) is 32.2 Å². The third kappa shape index (κ3) is 3.52. The Morgan fingerprint density at radius 3 is 3.14 bits per heavy atom. The van der Waals surface area contributed by atoms with E-state index in [0.29, 0.717) is 29.1 Å². The van der Waals surface area contributed by atoms with Crippen LogP contribution in [0.2, 0.25) is 0 Å². The molecule has 4 rings (SSSR count). The molecule has 0 saturated carbocycles. The molecule has 0 bridgehead atoms. The number of aliphatic imine (C=N–C) groups is 1. The zero-order chi connectivity index (χ0) is 19.5. The number of carbonyl (C=O) groups is 1. The Balaban J connectivity index is 1.63. The summed E-state index contributed by atoms with van der Waals surface area (Å²) >= 11 is 0. The summed E-state index contributed by atoms with van der Waals surface area (Å²) < 4.78 is 6.04. The van der Waals surface area contributed by atoms with E-state index in [0.717, 1.165) is 37.3 Å². The number of hydrogen-bond donors (Lipinski definition) is 2. The number of rotatable bonds is 5. The standard InChI is InChI=1S/C21H25N5O2/c1-14(10-11-22-2)24-20(27)15-6-5-9-18-19(15)25-21(28-18)26-13-12-23-16-7-3-4-8-17(16)26/h5-9,11,14,23H,3-4,10,12-13H2,1-2H3,(H,24,27).